The van der Waals surface area contributed by atoms with E-state index in [1.807, 2.05) is 6.08 Å². The maximum atomic E-state index is 11.4. The lowest BCUT2D eigenvalue weighted by Crippen LogP contribution is -2.18. The van der Waals surface area contributed by atoms with Crippen LogP contribution in [0.4, 0.5) is 0 Å². The number of hydrogen-bond acceptors (Lipinski definition) is 2. The molecule has 1 aliphatic rings. The topological polar surface area (TPSA) is 57.5 Å². The maximum Gasteiger partial charge on any atom is 0.310 e. The molecule has 2 atom stereocenters. The summed E-state index contributed by atoms with van der Waals surface area (Å²) in [6.45, 7) is 2.18. The Labute approximate surface area is 129 Å². The van der Waals surface area contributed by atoms with E-state index in [0.717, 1.165) is 50.5 Å². The number of unbranched alkanes of at least 4 members (excludes halogenated alkanes) is 3. The summed E-state index contributed by atoms with van der Waals surface area (Å²) in [5.41, 5.74) is 1.05. The van der Waals surface area contributed by atoms with Crippen LogP contribution in [-0.4, -0.2) is 22.3 Å². The highest BCUT2D eigenvalue weighted by Crippen LogP contribution is 2.28. The van der Waals surface area contributed by atoms with Crippen LogP contribution in [-0.2, 0) is 4.79 Å². The summed E-state index contributed by atoms with van der Waals surface area (Å²) in [7, 11) is 0. The summed E-state index contributed by atoms with van der Waals surface area (Å²) in [6, 6.07) is 0. The maximum absolute atomic E-state index is 11.4. The van der Waals surface area contributed by atoms with Crippen LogP contribution in [0.1, 0.15) is 84.0 Å². The second kappa shape index (κ2) is 10.8. The summed E-state index contributed by atoms with van der Waals surface area (Å²) < 4.78 is 0. The standard InChI is InChI=1S/C18H32O3/c1-2-3-4-8-11-16(19)14-13-15-10-7-5-6-9-12-17(15)18(20)21/h13,16-17,19H,2-12,14H2,1H3,(H,20,21). The minimum absolute atomic E-state index is 0.311. The fourth-order valence-corrected chi connectivity index (χ4v) is 3.13. The molecule has 1 saturated carbocycles. The number of aliphatic hydroxyl groups is 1. The van der Waals surface area contributed by atoms with Gasteiger partial charge in [0.15, 0.2) is 0 Å². The van der Waals surface area contributed by atoms with Gasteiger partial charge in [-0.1, -0.05) is 63.5 Å². The van der Waals surface area contributed by atoms with Gasteiger partial charge in [-0.05, 0) is 32.1 Å². The van der Waals surface area contributed by atoms with Crippen LogP contribution < -0.4 is 0 Å². The molecule has 2 unspecified atom stereocenters. The molecule has 0 saturated heterocycles. The van der Waals surface area contributed by atoms with Crippen molar-refractivity contribution in [2.75, 3.05) is 0 Å². The molecule has 0 heterocycles. The first-order valence-electron chi connectivity index (χ1n) is 8.75. The molecular formula is C18H32O3. The van der Waals surface area contributed by atoms with Crippen molar-refractivity contribution in [2.24, 2.45) is 5.92 Å². The molecule has 0 bridgehead atoms. The van der Waals surface area contributed by atoms with Crippen molar-refractivity contribution in [3.8, 4) is 0 Å². The molecule has 0 aliphatic heterocycles. The Bertz CT molecular complexity index is 322. The van der Waals surface area contributed by atoms with E-state index in [1.54, 1.807) is 0 Å². The average molecular weight is 296 g/mol. The molecule has 1 aliphatic carbocycles. The number of hydrogen-bond donors (Lipinski definition) is 2. The van der Waals surface area contributed by atoms with E-state index < -0.39 is 5.97 Å². The van der Waals surface area contributed by atoms with Crippen molar-refractivity contribution in [2.45, 2.75) is 90.1 Å². The van der Waals surface area contributed by atoms with Gasteiger partial charge in [0.05, 0.1) is 12.0 Å². The Kier molecular flexibility index (Phi) is 9.40. The van der Waals surface area contributed by atoms with E-state index in [1.165, 1.54) is 25.7 Å². The van der Waals surface area contributed by atoms with Gasteiger partial charge in [0.2, 0.25) is 0 Å². The molecule has 0 aromatic heterocycles. The van der Waals surface area contributed by atoms with E-state index in [2.05, 4.69) is 6.92 Å². The molecular weight excluding hydrogens is 264 g/mol. The number of aliphatic carboxylic acids is 1. The monoisotopic (exact) mass is 296 g/mol. The predicted octanol–water partition coefficient (Wildman–Crippen LogP) is 4.69. The second-order valence-corrected chi connectivity index (χ2v) is 6.36. The van der Waals surface area contributed by atoms with E-state index >= 15 is 0 Å². The molecule has 0 aromatic rings. The molecule has 21 heavy (non-hydrogen) atoms. The first-order chi connectivity index (χ1) is 10.1. The van der Waals surface area contributed by atoms with Crippen molar-refractivity contribution < 1.29 is 15.0 Å². The summed E-state index contributed by atoms with van der Waals surface area (Å²) in [5, 5.41) is 19.4. The average Bonchev–Trinajstić information content (AvgIpc) is 2.42. The molecule has 122 valence electrons. The number of rotatable bonds is 8. The Morgan fingerprint density at radius 2 is 2.00 bits per heavy atom. The summed E-state index contributed by atoms with van der Waals surface area (Å²) >= 11 is 0. The molecule has 0 spiro atoms. The molecule has 0 radical (unpaired) electrons. The van der Waals surface area contributed by atoms with Crippen molar-refractivity contribution in [3.63, 3.8) is 0 Å². The Balaban J connectivity index is 2.46. The molecule has 1 rings (SSSR count). The Morgan fingerprint density at radius 3 is 2.71 bits per heavy atom. The lowest BCUT2D eigenvalue weighted by molar-refractivity contribution is -0.140. The largest absolute Gasteiger partial charge is 0.481 e. The summed E-state index contributed by atoms with van der Waals surface area (Å²) in [4.78, 5) is 11.4. The van der Waals surface area contributed by atoms with Gasteiger partial charge in [-0.2, -0.15) is 0 Å². The van der Waals surface area contributed by atoms with Crippen LogP contribution in [0.3, 0.4) is 0 Å². The third kappa shape index (κ3) is 7.66. The Hall–Kier alpha value is -0.830. The van der Waals surface area contributed by atoms with Crippen molar-refractivity contribution in [1.29, 1.82) is 0 Å². The zero-order valence-electron chi connectivity index (χ0n) is 13.5. The Morgan fingerprint density at radius 1 is 1.24 bits per heavy atom. The van der Waals surface area contributed by atoms with Crippen LogP contribution >= 0.6 is 0 Å². The van der Waals surface area contributed by atoms with Crippen LogP contribution in [0.2, 0.25) is 0 Å². The van der Waals surface area contributed by atoms with Crippen molar-refractivity contribution in [1.82, 2.24) is 0 Å². The quantitative estimate of drug-likeness (QED) is 0.504. The first-order valence-corrected chi connectivity index (χ1v) is 8.75. The van der Waals surface area contributed by atoms with Crippen LogP contribution in [0.15, 0.2) is 11.6 Å². The SMILES string of the molecule is CCCCCCC(O)CC=C1CCCCCCC1C(=O)O. The second-order valence-electron chi connectivity index (χ2n) is 6.36. The summed E-state index contributed by atoms with van der Waals surface area (Å²) in [5.74, 6) is -1.02. The predicted molar refractivity (Wildman–Crippen MR) is 86.3 cm³/mol. The minimum Gasteiger partial charge on any atom is -0.481 e. The molecule has 2 N–H and O–H groups in total. The highest BCUT2D eigenvalue weighted by molar-refractivity contribution is 5.73. The normalized spacial score (nSPS) is 23.5. The van der Waals surface area contributed by atoms with Crippen LogP contribution in [0.25, 0.3) is 0 Å². The molecule has 0 aromatic carbocycles. The van der Waals surface area contributed by atoms with Gasteiger partial charge in [-0.15, -0.1) is 0 Å². The fraction of sp³-hybridized carbons (Fsp3) is 0.833. The summed E-state index contributed by atoms with van der Waals surface area (Å²) in [6.07, 6.45) is 13.9. The lowest BCUT2D eigenvalue weighted by atomic mass is 9.85. The van der Waals surface area contributed by atoms with Gasteiger partial charge in [0, 0.05) is 0 Å². The third-order valence-corrected chi connectivity index (χ3v) is 4.50. The molecule has 0 amide bonds. The number of carbonyl (C=O) groups is 1. The molecule has 1 fully saturated rings. The minimum atomic E-state index is -0.694. The highest BCUT2D eigenvalue weighted by Gasteiger charge is 2.23. The van der Waals surface area contributed by atoms with Crippen LogP contribution in [0.5, 0.6) is 0 Å². The smallest absolute Gasteiger partial charge is 0.310 e. The number of carboxylic acids is 1. The van der Waals surface area contributed by atoms with Gasteiger partial charge >= 0.3 is 5.97 Å². The first kappa shape index (κ1) is 18.2. The third-order valence-electron chi connectivity index (χ3n) is 4.50. The number of carboxylic acid groups (broad SMARTS) is 1. The van der Waals surface area contributed by atoms with Gasteiger partial charge in [-0.25, -0.2) is 0 Å². The van der Waals surface area contributed by atoms with E-state index in [0.29, 0.717) is 6.42 Å². The molecule has 3 nitrogen and oxygen atoms in total. The van der Waals surface area contributed by atoms with E-state index in [4.69, 9.17) is 0 Å². The zero-order chi connectivity index (χ0) is 15.5. The van der Waals surface area contributed by atoms with E-state index in [-0.39, 0.29) is 12.0 Å². The van der Waals surface area contributed by atoms with Crippen molar-refractivity contribution in [3.05, 3.63) is 11.6 Å². The molecule has 3 heteroatoms. The van der Waals surface area contributed by atoms with Gasteiger partial charge < -0.3 is 10.2 Å². The van der Waals surface area contributed by atoms with Gasteiger partial charge in [0.25, 0.3) is 0 Å². The van der Waals surface area contributed by atoms with Crippen LogP contribution in [0, 0.1) is 5.92 Å². The lowest BCUT2D eigenvalue weighted by Gasteiger charge is -2.20. The highest BCUT2D eigenvalue weighted by atomic mass is 16.4. The fourth-order valence-electron chi connectivity index (χ4n) is 3.13. The van der Waals surface area contributed by atoms with Gasteiger partial charge in [-0.3, -0.25) is 4.79 Å². The van der Waals surface area contributed by atoms with E-state index in [9.17, 15) is 15.0 Å². The zero-order valence-corrected chi connectivity index (χ0v) is 13.5. The van der Waals surface area contributed by atoms with Crippen molar-refractivity contribution >= 4 is 5.97 Å². The van der Waals surface area contributed by atoms with Gasteiger partial charge in [0.1, 0.15) is 0 Å². The number of aliphatic hydroxyl groups excluding tert-OH is 1.